The van der Waals surface area contributed by atoms with Gasteiger partial charge in [-0.1, -0.05) is 0 Å². The minimum absolute atomic E-state index is 0.208. The molecule has 0 atom stereocenters. The van der Waals surface area contributed by atoms with E-state index in [2.05, 4.69) is 0 Å². The van der Waals surface area contributed by atoms with Gasteiger partial charge >= 0.3 is 0 Å². The van der Waals surface area contributed by atoms with Crippen molar-refractivity contribution < 1.29 is 13.5 Å². The van der Waals surface area contributed by atoms with E-state index in [0.29, 0.717) is 12.8 Å². The summed E-state index contributed by atoms with van der Waals surface area (Å²) >= 11 is 1.24. The fraction of sp³-hybridized carbons (Fsp3) is 1.00. The second-order valence-corrected chi connectivity index (χ2v) is 4.69. The molecule has 0 bridgehead atoms. The fourth-order valence-corrected chi connectivity index (χ4v) is 2.25. The smallest absolute Gasteiger partial charge is 0.299 e. The largest absolute Gasteiger partial charge is 0.381 e. The van der Waals surface area contributed by atoms with E-state index in [1.807, 2.05) is 0 Å². The van der Waals surface area contributed by atoms with Gasteiger partial charge in [0, 0.05) is 13.0 Å². The van der Waals surface area contributed by atoms with Crippen molar-refractivity contribution in [2.45, 2.75) is 35.7 Å². The van der Waals surface area contributed by atoms with Crippen molar-refractivity contribution in [1.29, 1.82) is 0 Å². The van der Waals surface area contributed by atoms with Gasteiger partial charge in [0.1, 0.15) is 0 Å². The summed E-state index contributed by atoms with van der Waals surface area (Å²) in [6.45, 7) is 0. The zero-order valence-corrected chi connectivity index (χ0v) is 9.18. The van der Waals surface area contributed by atoms with Crippen LogP contribution in [0.3, 0.4) is 0 Å². The molecular formula is C8H13F2IO. The highest BCUT2D eigenvalue weighted by Gasteiger charge is 2.38. The van der Waals surface area contributed by atoms with Gasteiger partial charge in [-0.3, -0.25) is 0 Å². The van der Waals surface area contributed by atoms with Crippen LogP contribution in [0, 0.1) is 5.92 Å². The van der Waals surface area contributed by atoms with Crippen LogP contribution in [0.15, 0.2) is 0 Å². The summed E-state index contributed by atoms with van der Waals surface area (Å²) in [5.41, 5.74) is 0. The van der Waals surface area contributed by atoms with Crippen molar-refractivity contribution in [3.05, 3.63) is 0 Å². The van der Waals surface area contributed by atoms with Crippen LogP contribution in [0.5, 0.6) is 0 Å². The quantitative estimate of drug-likeness (QED) is 0.560. The maximum absolute atomic E-state index is 12.8. The molecule has 1 fully saturated rings. The minimum atomic E-state index is -2.53. The molecule has 4 heteroatoms. The van der Waals surface area contributed by atoms with E-state index in [9.17, 15) is 8.78 Å². The lowest BCUT2D eigenvalue weighted by atomic mass is 9.88. The van der Waals surface area contributed by atoms with Crippen molar-refractivity contribution >= 4 is 22.6 Å². The van der Waals surface area contributed by atoms with E-state index < -0.39 is 9.85 Å². The van der Waals surface area contributed by atoms with E-state index in [1.165, 1.54) is 22.6 Å². The van der Waals surface area contributed by atoms with Crippen LogP contribution in [0.25, 0.3) is 0 Å². The summed E-state index contributed by atoms with van der Waals surface area (Å²) in [5, 5.41) is 0. The van der Waals surface area contributed by atoms with Crippen LogP contribution in [-0.2, 0) is 4.74 Å². The zero-order chi connectivity index (χ0) is 9.19. The summed E-state index contributed by atoms with van der Waals surface area (Å²) in [4.78, 5) is 0. The first kappa shape index (κ1) is 10.6. The average Bonchev–Trinajstić information content (AvgIpc) is 2.03. The molecule has 0 aromatic heterocycles. The highest BCUT2D eigenvalue weighted by atomic mass is 127. The lowest BCUT2D eigenvalue weighted by molar-refractivity contribution is -0.00463. The SMILES string of the molecule is COC1CCC(C(F)(F)I)CC1. The Morgan fingerprint density at radius 2 is 1.75 bits per heavy atom. The second-order valence-electron chi connectivity index (χ2n) is 3.25. The summed E-state index contributed by atoms with van der Waals surface area (Å²) in [5.74, 6) is -0.440. The van der Waals surface area contributed by atoms with Gasteiger partial charge in [-0.25, -0.2) is 0 Å². The van der Waals surface area contributed by atoms with Gasteiger partial charge in [-0.05, 0) is 48.3 Å². The summed E-state index contributed by atoms with van der Waals surface area (Å²) in [7, 11) is 1.65. The van der Waals surface area contributed by atoms with Gasteiger partial charge in [-0.15, -0.1) is 0 Å². The zero-order valence-electron chi connectivity index (χ0n) is 7.03. The Balaban J connectivity index is 2.36. The molecule has 12 heavy (non-hydrogen) atoms. The van der Waals surface area contributed by atoms with Gasteiger partial charge in [0.05, 0.1) is 6.10 Å². The Labute approximate surface area is 85.0 Å². The topological polar surface area (TPSA) is 9.23 Å². The molecule has 0 aliphatic heterocycles. The average molecular weight is 290 g/mol. The predicted molar refractivity (Wildman–Crippen MR) is 51.7 cm³/mol. The van der Waals surface area contributed by atoms with Crippen molar-refractivity contribution in [2.24, 2.45) is 5.92 Å². The van der Waals surface area contributed by atoms with E-state index in [4.69, 9.17) is 4.74 Å². The van der Waals surface area contributed by atoms with E-state index in [1.54, 1.807) is 7.11 Å². The maximum atomic E-state index is 12.8. The van der Waals surface area contributed by atoms with Gasteiger partial charge < -0.3 is 4.74 Å². The molecule has 0 unspecified atom stereocenters. The predicted octanol–water partition coefficient (Wildman–Crippen LogP) is 3.22. The molecule has 1 aliphatic carbocycles. The molecule has 0 aromatic rings. The van der Waals surface area contributed by atoms with E-state index >= 15 is 0 Å². The molecule has 72 valence electrons. The van der Waals surface area contributed by atoms with Gasteiger partial charge in [0.2, 0.25) is 0 Å². The molecule has 1 rings (SSSR count). The minimum Gasteiger partial charge on any atom is -0.381 e. The highest BCUT2D eigenvalue weighted by molar-refractivity contribution is 14.1. The van der Waals surface area contributed by atoms with Crippen molar-refractivity contribution in [2.75, 3.05) is 7.11 Å². The molecule has 0 N–H and O–H groups in total. The molecular weight excluding hydrogens is 277 g/mol. The second kappa shape index (κ2) is 4.17. The highest BCUT2D eigenvalue weighted by Crippen LogP contribution is 2.41. The first-order valence-electron chi connectivity index (χ1n) is 4.13. The van der Waals surface area contributed by atoms with Crippen LogP contribution >= 0.6 is 22.6 Å². The Morgan fingerprint density at radius 3 is 2.08 bits per heavy atom. The molecule has 1 saturated carbocycles. The molecule has 0 radical (unpaired) electrons. The number of hydrogen-bond donors (Lipinski definition) is 0. The molecule has 1 aliphatic rings. The van der Waals surface area contributed by atoms with E-state index in [-0.39, 0.29) is 6.10 Å². The Hall–Kier alpha value is 0.550. The van der Waals surface area contributed by atoms with Gasteiger partial charge in [-0.2, -0.15) is 8.78 Å². The standard InChI is InChI=1S/C8H13F2IO/c1-12-7-4-2-6(3-5-7)8(9,10)11/h6-7H,2-5H2,1H3. The Bertz CT molecular complexity index is 138. The first-order valence-corrected chi connectivity index (χ1v) is 5.21. The monoisotopic (exact) mass is 290 g/mol. The first-order chi connectivity index (χ1) is 5.54. The van der Waals surface area contributed by atoms with Crippen LogP contribution in [-0.4, -0.2) is 17.1 Å². The molecule has 0 heterocycles. The lowest BCUT2D eigenvalue weighted by Gasteiger charge is -2.30. The van der Waals surface area contributed by atoms with Crippen molar-refractivity contribution in [3.63, 3.8) is 0 Å². The Morgan fingerprint density at radius 1 is 1.25 bits per heavy atom. The molecule has 0 spiro atoms. The molecule has 0 amide bonds. The number of hydrogen-bond acceptors (Lipinski definition) is 1. The van der Waals surface area contributed by atoms with Crippen molar-refractivity contribution in [3.8, 4) is 0 Å². The molecule has 0 aromatic carbocycles. The fourth-order valence-electron chi connectivity index (χ4n) is 1.63. The molecule has 1 nitrogen and oxygen atoms in total. The summed E-state index contributed by atoms with van der Waals surface area (Å²) in [6, 6.07) is 0. The third-order valence-electron chi connectivity index (χ3n) is 2.47. The van der Waals surface area contributed by atoms with Gasteiger partial charge in [0.15, 0.2) is 0 Å². The summed E-state index contributed by atoms with van der Waals surface area (Å²) < 4.78 is 28.1. The number of halogens is 3. The van der Waals surface area contributed by atoms with Crippen LogP contribution in [0.1, 0.15) is 25.7 Å². The number of ether oxygens (including phenoxy) is 1. The van der Waals surface area contributed by atoms with Gasteiger partial charge in [0.25, 0.3) is 3.93 Å². The van der Waals surface area contributed by atoms with Crippen LogP contribution in [0.2, 0.25) is 0 Å². The number of alkyl halides is 3. The van der Waals surface area contributed by atoms with Crippen molar-refractivity contribution in [1.82, 2.24) is 0 Å². The third-order valence-corrected chi connectivity index (χ3v) is 3.35. The normalized spacial score (nSPS) is 32.0. The molecule has 0 saturated heterocycles. The van der Waals surface area contributed by atoms with Crippen LogP contribution in [0.4, 0.5) is 8.78 Å². The number of methoxy groups -OCH3 is 1. The van der Waals surface area contributed by atoms with Crippen LogP contribution < -0.4 is 0 Å². The maximum Gasteiger partial charge on any atom is 0.299 e. The third kappa shape index (κ3) is 2.80. The lowest BCUT2D eigenvalue weighted by Crippen LogP contribution is -2.29. The van der Waals surface area contributed by atoms with E-state index in [0.717, 1.165) is 12.8 Å². The Kier molecular flexibility index (Phi) is 3.70. The number of rotatable bonds is 2. The summed E-state index contributed by atoms with van der Waals surface area (Å²) in [6.07, 6.45) is 2.95.